The van der Waals surface area contributed by atoms with Gasteiger partial charge in [-0.3, -0.25) is 0 Å². The average Bonchev–Trinajstić information content (AvgIpc) is 2.83. The number of aliphatic hydroxyl groups excluding tert-OH is 2. The van der Waals surface area contributed by atoms with Crippen LogP contribution in [0.2, 0.25) is 0 Å². The third-order valence-electron chi connectivity index (χ3n) is 5.68. The molecule has 0 saturated heterocycles. The van der Waals surface area contributed by atoms with Gasteiger partial charge in [-0.15, -0.1) is 0 Å². The Morgan fingerprint density at radius 1 is 1.20 bits per heavy atom. The van der Waals surface area contributed by atoms with Crippen molar-refractivity contribution in [3.63, 3.8) is 0 Å². The Kier molecular flexibility index (Phi) is 9.74. The van der Waals surface area contributed by atoms with E-state index in [4.69, 9.17) is 0 Å². The summed E-state index contributed by atoms with van der Waals surface area (Å²) in [6.07, 6.45) is 16.1. The molecule has 0 heterocycles. The van der Waals surface area contributed by atoms with Crippen LogP contribution < -0.4 is 0 Å². The maximum atomic E-state index is 10.6. The van der Waals surface area contributed by atoms with Crippen molar-refractivity contribution in [1.82, 2.24) is 0 Å². The molecule has 0 aromatic carbocycles. The predicted molar refractivity (Wildman–Crippen MR) is 108 cm³/mol. The Labute approximate surface area is 155 Å². The van der Waals surface area contributed by atoms with Gasteiger partial charge in [0.15, 0.2) is 0 Å². The van der Waals surface area contributed by atoms with E-state index in [1.165, 1.54) is 12.8 Å². The van der Waals surface area contributed by atoms with Crippen molar-refractivity contribution < 1.29 is 10.2 Å². The second kappa shape index (κ2) is 11.0. The average molecular weight is 349 g/mol. The van der Waals surface area contributed by atoms with Crippen molar-refractivity contribution in [1.29, 1.82) is 0 Å². The fourth-order valence-electron chi connectivity index (χ4n) is 3.64. The zero-order valence-corrected chi connectivity index (χ0v) is 16.9. The number of rotatable bonds is 11. The van der Waals surface area contributed by atoms with Crippen LogP contribution in [-0.2, 0) is 0 Å². The molecule has 2 nitrogen and oxygen atoms in total. The molecule has 1 saturated carbocycles. The molecule has 0 aromatic rings. The SMILES string of the molecule is C=C1CC(O)[C@H](/C=C/C(O)C(C)(C)CCCC)C1C/C=C/CCCC. The van der Waals surface area contributed by atoms with E-state index >= 15 is 0 Å². The number of aliphatic hydroxyl groups is 2. The van der Waals surface area contributed by atoms with Gasteiger partial charge in [-0.2, -0.15) is 0 Å². The largest absolute Gasteiger partial charge is 0.392 e. The molecule has 2 N–H and O–H groups in total. The van der Waals surface area contributed by atoms with Gasteiger partial charge in [0.2, 0.25) is 0 Å². The van der Waals surface area contributed by atoms with E-state index in [9.17, 15) is 10.2 Å². The van der Waals surface area contributed by atoms with Crippen LogP contribution in [0.5, 0.6) is 0 Å². The molecular formula is C23H40O2. The van der Waals surface area contributed by atoms with Crippen LogP contribution >= 0.6 is 0 Å². The fraction of sp³-hybridized carbons (Fsp3) is 0.739. The smallest absolute Gasteiger partial charge is 0.0771 e. The number of hydrogen-bond acceptors (Lipinski definition) is 2. The van der Waals surface area contributed by atoms with Gasteiger partial charge in [-0.05, 0) is 37.0 Å². The summed E-state index contributed by atoms with van der Waals surface area (Å²) in [6, 6.07) is 0. The lowest BCUT2D eigenvalue weighted by Gasteiger charge is -2.29. The van der Waals surface area contributed by atoms with Gasteiger partial charge in [0.1, 0.15) is 0 Å². The van der Waals surface area contributed by atoms with Crippen LogP contribution in [0.4, 0.5) is 0 Å². The number of unbranched alkanes of at least 4 members (excludes halogenated alkanes) is 3. The molecule has 0 spiro atoms. The van der Waals surface area contributed by atoms with Crippen molar-refractivity contribution in [2.75, 3.05) is 0 Å². The van der Waals surface area contributed by atoms with Crippen LogP contribution in [-0.4, -0.2) is 22.4 Å². The molecule has 144 valence electrons. The van der Waals surface area contributed by atoms with Gasteiger partial charge >= 0.3 is 0 Å². The molecular weight excluding hydrogens is 308 g/mol. The Bertz CT molecular complexity index is 447. The Balaban J connectivity index is 2.68. The zero-order chi connectivity index (χ0) is 18.9. The lowest BCUT2D eigenvalue weighted by atomic mass is 9.80. The standard InChI is InChI=1S/C23H40O2/c1-6-8-10-11-12-13-19-18(3)17-21(24)20(19)14-15-22(25)23(4,5)16-9-7-2/h11-12,14-15,19-22,24-25H,3,6-10,13,16-17H2,1-2,4-5H3/b12-11+,15-14+/t19?,20-,21?,22?/m1/s1. The van der Waals surface area contributed by atoms with Crippen LogP contribution in [0.3, 0.4) is 0 Å². The first-order chi connectivity index (χ1) is 11.8. The van der Waals surface area contributed by atoms with Crippen LogP contribution in [0, 0.1) is 17.3 Å². The van der Waals surface area contributed by atoms with E-state index in [1.54, 1.807) is 0 Å². The summed E-state index contributed by atoms with van der Waals surface area (Å²) in [5, 5.41) is 21.0. The van der Waals surface area contributed by atoms with E-state index in [2.05, 4.69) is 46.4 Å². The van der Waals surface area contributed by atoms with Gasteiger partial charge in [-0.25, -0.2) is 0 Å². The van der Waals surface area contributed by atoms with Gasteiger partial charge in [0.05, 0.1) is 12.2 Å². The highest BCUT2D eigenvalue weighted by Gasteiger charge is 2.35. The summed E-state index contributed by atoms with van der Waals surface area (Å²) in [5.74, 6) is 0.357. The second-order valence-corrected chi connectivity index (χ2v) is 8.38. The van der Waals surface area contributed by atoms with Crippen molar-refractivity contribution in [2.24, 2.45) is 17.3 Å². The first-order valence-electron chi connectivity index (χ1n) is 10.2. The molecule has 1 rings (SSSR count). The third kappa shape index (κ3) is 7.11. The quantitative estimate of drug-likeness (QED) is 0.365. The van der Waals surface area contributed by atoms with Crippen LogP contribution in [0.1, 0.15) is 79.1 Å². The van der Waals surface area contributed by atoms with Crippen molar-refractivity contribution in [3.05, 3.63) is 36.5 Å². The molecule has 1 aliphatic rings. The molecule has 1 fully saturated rings. The summed E-state index contributed by atoms with van der Waals surface area (Å²) < 4.78 is 0. The van der Waals surface area contributed by atoms with E-state index in [1.807, 2.05) is 12.2 Å². The number of hydrogen-bond donors (Lipinski definition) is 2. The molecule has 4 atom stereocenters. The molecule has 2 heteroatoms. The first kappa shape index (κ1) is 22.2. The minimum Gasteiger partial charge on any atom is -0.392 e. The van der Waals surface area contributed by atoms with Crippen LogP contribution in [0.15, 0.2) is 36.5 Å². The summed E-state index contributed by atoms with van der Waals surface area (Å²) in [6.45, 7) is 12.8. The van der Waals surface area contributed by atoms with Crippen molar-refractivity contribution in [3.8, 4) is 0 Å². The molecule has 1 aliphatic carbocycles. The maximum absolute atomic E-state index is 10.6. The fourth-order valence-corrected chi connectivity index (χ4v) is 3.64. The number of allylic oxidation sites excluding steroid dienone is 2. The van der Waals surface area contributed by atoms with Gasteiger partial charge < -0.3 is 10.2 Å². The first-order valence-corrected chi connectivity index (χ1v) is 10.2. The topological polar surface area (TPSA) is 40.5 Å². The van der Waals surface area contributed by atoms with Gasteiger partial charge in [0.25, 0.3) is 0 Å². The molecule has 0 aromatic heterocycles. The summed E-state index contributed by atoms with van der Waals surface area (Å²) in [5.41, 5.74) is 1.02. The minimum atomic E-state index is -0.471. The lowest BCUT2D eigenvalue weighted by molar-refractivity contribution is 0.0798. The van der Waals surface area contributed by atoms with Gasteiger partial charge in [0, 0.05) is 5.92 Å². The highest BCUT2D eigenvalue weighted by molar-refractivity contribution is 5.19. The normalized spacial score (nSPS) is 26.2. The highest BCUT2D eigenvalue weighted by Crippen LogP contribution is 2.40. The van der Waals surface area contributed by atoms with Crippen molar-refractivity contribution >= 4 is 0 Å². The molecule has 0 amide bonds. The monoisotopic (exact) mass is 348 g/mol. The third-order valence-corrected chi connectivity index (χ3v) is 5.68. The predicted octanol–water partition coefficient (Wildman–Crippen LogP) is 5.81. The Morgan fingerprint density at radius 3 is 2.52 bits per heavy atom. The molecule has 0 radical (unpaired) electrons. The summed E-state index contributed by atoms with van der Waals surface area (Å²) in [7, 11) is 0. The Morgan fingerprint density at radius 2 is 1.88 bits per heavy atom. The van der Waals surface area contributed by atoms with E-state index in [0.717, 1.165) is 37.7 Å². The summed E-state index contributed by atoms with van der Waals surface area (Å²) >= 11 is 0. The molecule has 0 bridgehead atoms. The van der Waals surface area contributed by atoms with E-state index in [-0.39, 0.29) is 23.4 Å². The molecule has 25 heavy (non-hydrogen) atoms. The zero-order valence-electron chi connectivity index (χ0n) is 16.9. The lowest BCUT2D eigenvalue weighted by Crippen LogP contribution is -2.28. The van der Waals surface area contributed by atoms with Crippen LogP contribution in [0.25, 0.3) is 0 Å². The second-order valence-electron chi connectivity index (χ2n) is 8.38. The Hall–Kier alpha value is -0.860. The molecule has 3 unspecified atom stereocenters. The van der Waals surface area contributed by atoms with Gasteiger partial charge in [-0.1, -0.05) is 89.8 Å². The minimum absolute atomic E-state index is 0.0694. The highest BCUT2D eigenvalue weighted by atomic mass is 16.3. The molecule has 0 aliphatic heterocycles. The van der Waals surface area contributed by atoms with E-state index < -0.39 is 6.10 Å². The summed E-state index contributed by atoms with van der Waals surface area (Å²) in [4.78, 5) is 0. The van der Waals surface area contributed by atoms with Crippen molar-refractivity contribution in [2.45, 2.75) is 91.3 Å². The van der Waals surface area contributed by atoms with E-state index in [0.29, 0.717) is 6.42 Å². The maximum Gasteiger partial charge on any atom is 0.0771 e.